The molecular weight excluding hydrogens is 385 g/mol. The molecule has 0 atom stereocenters. The Morgan fingerprint density at radius 2 is 2.18 bits per heavy atom. The number of hydrogen-bond donors (Lipinski definition) is 2. The lowest BCUT2D eigenvalue weighted by Crippen LogP contribution is -2.45. The molecule has 2 aromatic rings. The molecule has 1 aliphatic carbocycles. The van der Waals surface area contributed by atoms with E-state index in [-0.39, 0.29) is 16.7 Å². The number of amides is 2. The van der Waals surface area contributed by atoms with Crippen molar-refractivity contribution < 1.29 is 13.9 Å². The Bertz CT molecular complexity index is 878. The standard InChI is InChI=1S/C19H23ClFN5O2/c1-28-19(5-2-6-19)12-22-17-10-14-11-25(7-8-26(14)24-17)18(27)23-13-3-4-16(21)15(20)9-13/h3-4,9-10H,2,5-8,11-12H2,1H3,(H,22,24)(H,23,27). The lowest BCUT2D eigenvalue weighted by Gasteiger charge is -2.40. The van der Waals surface area contributed by atoms with E-state index in [2.05, 4.69) is 15.7 Å². The van der Waals surface area contributed by atoms with Crippen molar-refractivity contribution in [3.05, 3.63) is 40.8 Å². The van der Waals surface area contributed by atoms with Crippen molar-refractivity contribution in [1.29, 1.82) is 0 Å². The zero-order chi connectivity index (χ0) is 19.7. The SMILES string of the molecule is COC1(CNc2cc3n(n2)CCN(C(=O)Nc2ccc(F)c(Cl)c2)C3)CCC1. The van der Waals surface area contributed by atoms with Gasteiger partial charge in [-0.1, -0.05) is 11.6 Å². The number of aromatic nitrogens is 2. The van der Waals surface area contributed by atoms with Crippen molar-refractivity contribution in [2.24, 2.45) is 0 Å². The first-order valence-corrected chi connectivity index (χ1v) is 9.73. The second-order valence-electron chi connectivity index (χ2n) is 7.32. The van der Waals surface area contributed by atoms with Gasteiger partial charge in [-0.15, -0.1) is 0 Å². The van der Waals surface area contributed by atoms with Crippen molar-refractivity contribution in [3.8, 4) is 0 Å². The van der Waals surface area contributed by atoms with Crippen LogP contribution < -0.4 is 10.6 Å². The molecule has 0 radical (unpaired) electrons. The van der Waals surface area contributed by atoms with Gasteiger partial charge in [0.15, 0.2) is 0 Å². The lowest BCUT2D eigenvalue weighted by molar-refractivity contribution is -0.0601. The first-order chi connectivity index (χ1) is 13.5. The molecule has 150 valence electrons. The Morgan fingerprint density at radius 1 is 1.36 bits per heavy atom. The van der Waals surface area contributed by atoms with Gasteiger partial charge in [-0.2, -0.15) is 5.10 Å². The third-order valence-corrected chi connectivity index (χ3v) is 5.84. The van der Waals surface area contributed by atoms with E-state index in [4.69, 9.17) is 16.3 Å². The van der Waals surface area contributed by atoms with Crippen LogP contribution in [0.25, 0.3) is 0 Å². The van der Waals surface area contributed by atoms with Crippen molar-refractivity contribution in [2.45, 2.75) is 38.0 Å². The summed E-state index contributed by atoms with van der Waals surface area (Å²) in [6.07, 6.45) is 3.31. The lowest BCUT2D eigenvalue weighted by atomic mass is 9.80. The molecule has 1 fully saturated rings. The number of ether oxygens (including phenoxy) is 1. The number of benzene rings is 1. The van der Waals surface area contributed by atoms with Crippen LogP contribution >= 0.6 is 11.6 Å². The molecule has 0 saturated heterocycles. The molecule has 7 nitrogen and oxygen atoms in total. The second kappa shape index (κ2) is 7.60. The highest BCUT2D eigenvalue weighted by Crippen LogP contribution is 2.35. The van der Waals surface area contributed by atoms with Gasteiger partial charge >= 0.3 is 6.03 Å². The summed E-state index contributed by atoms with van der Waals surface area (Å²) >= 11 is 5.77. The highest BCUT2D eigenvalue weighted by molar-refractivity contribution is 6.31. The Kier molecular flexibility index (Phi) is 5.16. The highest BCUT2D eigenvalue weighted by Gasteiger charge is 2.37. The van der Waals surface area contributed by atoms with Gasteiger partial charge in [-0.25, -0.2) is 9.18 Å². The fraction of sp³-hybridized carbons (Fsp3) is 0.474. The summed E-state index contributed by atoms with van der Waals surface area (Å²) in [4.78, 5) is 14.2. The average molecular weight is 408 g/mol. The molecule has 0 bridgehead atoms. The Morgan fingerprint density at radius 3 is 2.86 bits per heavy atom. The minimum atomic E-state index is -0.515. The summed E-state index contributed by atoms with van der Waals surface area (Å²) in [7, 11) is 1.75. The fourth-order valence-corrected chi connectivity index (χ4v) is 3.76. The van der Waals surface area contributed by atoms with E-state index in [1.165, 1.54) is 24.6 Å². The predicted molar refractivity (Wildman–Crippen MR) is 105 cm³/mol. The summed E-state index contributed by atoms with van der Waals surface area (Å²) in [6.45, 7) is 2.33. The molecule has 1 saturated carbocycles. The van der Waals surface area contributed by atoms with Crippen LogP contribution in [0.5, 0.6) is 0 Å². The van der Waals surface area contributed by atoms with Crippen LogP contribution in [0.2, 0.25) is 5.02 Å². The number of carbonyl (C=O) groups excluding carboxylic acids is 1. The van der Waals surface area contributed by atoms with Gasteiger partial charge in [-0.3, -0.25) is 4.68 Å². The molecule has 9 heteroatoms. The molecule has 2 aliphatic rings. The maximum absolute atomic E-state index is 13.3. The zero-order valence-electron chi connectivity index (χ0n) is 15.7. The first kappa shape index (κ1) is 19.0. The molecule has 2 N–H and O–H groups in total. The average Bonchev–Trinajstić information content (AvgIpc) is 3.06. The van der Waals surface area contributed by atoms with E-state index in [9.17, 15) is 9.18 Å². The van der Waals surface area contributed by atoms with E-state index in [1.54, 1.807) is 12.0 Å². The molecule has 1 aliphatic heterocycles. The van der Waals surface area contributed by atoms with Gasteiger partial charge in [0.25, 0.3) is 0 Å². The summed E-state index contributed by atoms with van der Waals surface area (Å²) in [6, 6.07) is 5.84. The number of carbonyl (C=O) groups is 1. The van der Waals surface area contributed by atoms with Crippen LogP contribution in [0.3, 0.4) is 0 Å². The Labute approximate surface area is 167 Å². The Hall–Kier alpha value is -2.32. The van der Waals surface area contributed by atoms with E-state index < -0.39 is 5.82 Å². The number of urea groups is 1. The molecule has 4 rings (SSSR count). The predicted octanol–water partition coefficient (Wildman–Crippen LogP) is 3.70. The minimum absolute atomic E-state index is 0.0227. The van der Waals surface area contributed by atoms with Gasteiger partial charge < -0.3 is 20.3 Å². The van der Waals surface area contributed by atoms with Gasteiger partial charge in [0, 0.05) is 32.0 Å². The summed E-state index contributed by atoms with van der Waals surface area (Å²) in [5, 5.41) is 10.7. The van der Waals surface area contributed by atoms with Gasteiger partial charge in [0.1, 0.15) is 11.6 Å². The largest absolute Gasteiger partial charge is 0.376 e. The number of nitrogens with one attached hydrogen (secondary N) is 2. The Balaban J connectivity index is 1.36. The van der Waals surface area contributed by atoms with Crippen molar-refractivity contribution in [1.82, 2.24) is 14.7 Å². The topological polar surface area (TPSA) is 71.4 Å². The van der Waals surface area contributed by atoms with Crippen LogP contribution in [0.1, 0.15) is 25.0 Å². The van der Waals surface area contributed by atoms with Crippen molar-refractivity contribution >= 4 is 29.1 Å². The van der Waals surface area contributed by atoms with Gasteiger partial charge in [0.05, 0.1) is 29.4 Å². The third-order valence-electron chi connectivity index (χ3n) is 5.55. The quantitative estimate of drug-likeness (QED) is 0.792. The van der Waals surface area contributed by atoms with Crippen LogP contribution in [0.4, 0.5) is 20.7 Å². The van der Waals surface area contributed by atoms with Gasteiger partial charge in [0.2, 0.25) is 0 Å². The molecule has 28 heavy (non-hydrogen) atoms. The van der Waals surface area contributed by atoms with Crippen molar-refractivity contribution in [3.63, 3.8) is 0 Å². The number of halogens is 2. The fourth-order valence-electron chi connectivity index (χ4n) is 3.58. The normalized spacial score (nSPS) is 17.6. The summed E-state index contributed by atoms with van der Waals surface area (Å²) < 4.78 is 20.8. The van der Waals surface area contributed by atoms with Crippen LogP contribution in [-0.2, 0) is 17.8 Å². The van der Waals surface area contributed by atoms with E-state index in [0.717, 1.165) is 30.9 Å². The smallest absolute Gasteiger partial charge is 0.322 e. The number of methoxy groups -OCH3 is 1. The summed E-state index contributed by atoms with van der Waals surface area (Å²) in [5.41, 5.74) is 1.34. The van der Waals surface area contributed by atoms with Crippen LogP contribution in [-0.4, -0.2) is 46.5 Å². The molecule has 2 amide bonds. The van der Waals surface area contributed by atoms with Gasteiger partial charge in [-0.05, 0) is 37.5 Å². The molecule has 2 heterocycles. The molecule has 1 aromatic heterocycles. The number of hydrogen-bond acceptors (Lipinski definition) is 4. The van der Waals surface area contributed by atoms with Crippen molar-refractivity contribution in [2.75, 3.05) is 30.8 Å². The minimum Gasteiger partial charge on any atom is -0.376 e. The monoisotopic (exact) mass is 407 g/mol. The number of nitrogens with zero attached hydrogens (tertiary/aromatic N) is 3. The second-order valence-corrected chi connectivity index (χ2v) is 7.73. The van der Waals surface area contributed by atoms with E-state index in [0.29, 0.717) is 25.3 Å². The number of rotatable bonds is 5. The maximum atomic E-state index is 13.3. The summed E-state index contributed by atoms with van der Waals surface area (Å²) in [5.74, 6) is 0.282. The molecule has 0 spiro atoms. The highest BCUT2D eigenvalue weighted by atomic mass is 35.5. The van der Waals surface area contributed by atoms with Crippen LogP contribution in [0.15, 0.2) is 24.3 Å². The first-order valence-electron chi connectivity index (χ1n) is 9.35. The van der Waals surface area contributed by atoms with E-state index >= 15 is 0 Å². The number of anilines is 2. The van der Waals surface area contributed by atoms with E-state index in [1.807, 2.05) is 10.7 Å². The zero-order valence-corrected chi connectivity index (χ0v) is 16.4. The number of fused-ring (bicyclic) bond motifs is 1. The molecular formula is C19H23ClFN5O2. The molecule has 0 unspecified atom stereocenters. The third kappa shape index (κ3) is 3.79. The molecule has 1 aromatic carbocycles. The maximum Gasteiger partial charge on any atom is 0.322 e. The van der Waals surface area contributed by atoms with Crippen LogP contribution in [0, 0.1) is 5.82 Å².